The summed E-state index contributed by atoms with van der Waals surface area (Å²) in [6, 6.07) is 3.50. The van der Waals surface area contributed by atoms with Crippen LogP contribution in [0.4, 0.5) is 5.82 Å². The summed E-state index contributed by atoms with van der Waals surface area (Å²) in [7, 11) is 3.05. The number of carbonyl (C=O) groups is 1. The molecule has 0 aliphatic rings. The standard InChI is InChI=1S/C13H20N2O3/c1-9(8-17-3)7-14-12-6-5-11(10(2)15-12)13(16)18-4/h5-6,9H,7-8H2,1-4H3,(H,14,15). The van der Waals surface area contributed by atoms with Gasteiger partial charge in [-0.05, 0) is 25.0 Å². The van der Waals surface area contributed by atoms with E-state index in [1.165, 1.54) is 7.11 Å². The highest BCUT2D eigenvalue weighted by molar-refractivity contribution is 5.90. The molecule has 0 saturated carbocycles. The van der Waals surface area contributed by atoms with Gasteiger partial charge in [-0.2, -0.15) is 0 Å². The molecule has 1 atom stereocenters. The fourth-order valence-electron chi connectivity index (χ4n) is 1.61. The van der Waals surface area contributed by atoms with Gasteiger partial charge in [0.2, 0.25) is 0 Å². The first-order valence-corrected chi connectivity index (χ1v) is 5.87. The fourth-order valence-corrected chi connectivity index (χ4v) is 1.61. The first-order valence-electron chi connectivity index (χ1n) is 5.87. The number of methoxy groups -OCH3 is 2. The molecule has 0 spiro atoms. The first kappa shape index (κ1) is 14.4. The Balaban J connectivity index is 2.64. The van der Waals surface area contributed by atoms with E-state index in [0.29, 0.717) is 23.8 Å². The molecule has 0 saturated heterocycles. The van der Waals surface area contributed by atoms with Gasteiger partial charge in [-0.15, -0.1) is 0 Å². The SMILES string of the molecule is COCC(C)CNc1ccc(C(=O)OC)c(C)n1. The number of carbonyl (C=O) groups excluding carboxylic acids is 1. The topological polar surface area (TPSA) is 60.5 Å². The molecular formula is C13H20N2O3. The van der Waals surface area contributed by atoms with Crippen molar-refractivity contribution in [2.75, 3.05) is 32.7 Å². The molecule has 1 rings (SSSR count). The van der Waals surface area contributed by atoms with Crippen LogP contribution in [0, 0.1) is 12.8 Å². The number of aromatic nitrogens is 1. The third-order valence-electron chi connectivity index (χ3n) is 2.57. The number of nitrogens with one attached hydrogen (secondary N) is 1. The van der Waals surface area contributed by atoms with Crippen LogP contribution in [0.2, 0.25) is 0 Å². The average molecular weight is 252 g/mol. The maximum absolute atomic E-state index is 11.4. The summed E-state index contributed by atoms with van der Waals surface area (Å²) in [6.45, 7) is 5.35. The average Bonchev–Trinajstić information content (AvgIpc) is 2.36. The van der Waals surface area contributed by atoms with Gasteiger partial charge in [-0.1, -0.05) is 6.92 Å². The van der Waals surface area contributed by atoms with Gasteiger partial charge in [0, 0.05) is 13.7 Å². The van der Waals surface area contributed by atoms with Crippen molar-refractivity contribution in [3.63, 3.8) is 0 Å². The second-order valence-electron chi connectivity index (χ2n) is 4.26. The second kappa shape index (κ2) is 6.96. The number of aryl methyl sites for hydroxylation is 1. The maximum atomic E-state index is 11.4. The van der Waals surface area contributed by atoms with Crippen molar-refractivity contribution in [2.24, 2.45) is 5.92 Å². The van der Waals surface area contributed by atoms with Gasteiger partial charge >= 0.3 is 5.97 Å². The van der Waals surface area contributed by atoms with Crippen LogP contribution < -0.4 is 5.32 Å². The molecule has 0 fully saturated rings. The third-order valence-corrected chi connectivity index (χ3v) is 2.57. The van der Waals surface area contributed by atoms with E-state index in [0.717, 1.165) is 12.4 Å². The molecule has 0 bridgehead atoms. The maximum Gasteiger partial charge on any atom is 0.339 e. The van der Waals surface area contributed by atoms with Crippen LogP contribution >= 0.6 is 0 Å². The van der Waals surface area contributed by atoms with Crippen molar-refractivity contribution in [3.05, 3.63) is 23.4 Å². The summed E-state index contributed by atoms with van der Waals surface area (Å²) in [6.07, 6.45) is 0. The van der Waals surface area contributed by atoms with E-state index < -0.39 is 0 Å². The van der Waals surface area contributed by atoms with Crippen LogP contribution in [-0.2, 0) is 9.47 Å². The van der Waals surface area contributed by atoms with Gasteiger partial charge in [0.15, 0.2) is 0 Å². The second-order valence-corrected chi connectivity index (χ2v) is 4.26. The number of esters is 1. The molecule has 1 heterocycles. The minimum Gasteiger partial charge on any atom is -0.465 e. The van der Waals surface area contributed by atoms with Crippen molar-refractivity contribution in [2.45, 2.75) is 13.8 Å². The first-order chi connectivity index (χ1) is 8.58. The molecule has 1 N–H and O–H groups in total. The van der Waals surface area contributed by atoms with Crippen molar-refractivity contribution in [1.29, 1.82) is 0 Å². The summed E-state index contributed by atoms with van der Waals surface area (Å²) in [5.74, 6) is 0.791. The number of rotatable bonds is 6. The summed E-state index contributed by atoms with van der Waals surface area (Å²) < 4.78 is 9.73. The summed E-state index contributed by atoms with van der Waals surface area (Å²) >= 11 is 0. The summed E-state index contributed by atoms with van der Waals surface area (Å²) in [4.78, 5) is 15.7. The number of hydrogen-bond donors (Lipinski definition) is 1. The van der Waals surface area contributed by atoms with E-state index in [-0.39, 0.29) is 5.97 Å². The van der Waals surface area contributed by atoms with Crippen molar-refractivity contribution in [3.8, 4) is 0 Å². The van der Waals surface area contributed by atoms with Gasteiger partial charge in [-0.25, -0.2) is 9.78 Å². The molecule has 5 nitrogen and oxygen atoms in total. The predicted octanol–water partition coefficient (Wildman–Crippen LogP) is 1.87. The molecule has 1 aromatic heterocycles. The number of ether oxygens (including phenoxy) is 2. The normalized spacial score (nSPS) is 12.0. The lowest BCUT2D eigenvalue weighted by molar-refractivity contribution is 0.0599. The minimum absolute atomic E-state index is 0.362. The molecule has 100 valence electrons. The predicted molar refractivity (Wildman–Crippen MR) is 69.8 cm³/mol. The Labute approximate surface area is 108 Å². The minimum atomic E-state index is -0.362. The highest BCUT2D eigenvalue weighted by Crippen LogP contribution is 2.12. The molecule has 5 heteroatoms. The quantitative estimate of drug-likeness (QED) is 0.783. The smallest absolute Gasteiger partial charge is 0.339 e. The van der Waals surface area contributed by atoms with E-state index in [9.17, 15) is 4.79 Å². The zero-order valence-corrected chi connectivity index (χ0v) is 11.3. The van der Waals surface area contributed by atoms with Crippen LogP contribution in [0.1, 0.15) is 23.0 Å². The van der Waals surface area contributed by atoms with Crippen LogP contribution in [-0.4, -0.2) is 38.3 Å². The van der Waals surface area contributed by atoms with E-state index >= 15 is 0 Å². The monoisotopic (exact) mass is 252 g/mol. The molecule has 0 aromatic carbocycles. The van der Waals surface area contributed by atoms with Crippen LogP contribution in [0.25, 0.3) is 0 Å². The van der Waals surface area contributed by atoms with Gasteiger partial charge in [0.05, 0.1) is 25.0 Å². The van der Waals surface area contributed by atoms with Crippen molar-refractivity contribution < 1.29 is 14.3 Å². The molecular weight excluding hydrogens is 232 g/mol. The van der Waals surface area contributed by atoms with Gasteiger partial charge in [0.1, 0.15) is 5.82 Å². The van der Waals surface area contributed by atoms with E-state index in [1.807, 2.05) is 0 Å². The number of nitrogens with zero attached hydrogens (tertiary/aromatic N) is 1. The molecule has 1 unspecified atom stereocenters. The zero-order valence-electron chi connectivity index (χ0n) is 11.3. The number of pyridine rings is 1. The van der Waals surface area contributed by atoms with Crippen molar-refractivity contribution in [1.82, 2.24) is 4.98 Å². The molecule has 18 heavy (non-hydrogen) atoms. The number of hydrogen-bond acceptors (Lipinski definition) is 5. The third kappa shape index (κ3) is 4.00. The van der Waals surface area contributed by atoms with Gasteiger partial charge in [0.25, 0.3) is 0 Å². The lowest BCUT2D eigenvalue weighted by Crippen LogP contribution is -2.17. The van der Waals surface area contributed by atoms with Crippen LogP contribution in [0.15, 0.2) is 12.1 Å². The van der Waals surface area contributed by atoms with Gasteiger partial charge < -0.3 is 14.8 Å². The van der Waals surface area contributed by atoms with E-state index in [2.05, 4.69) is 22.0 Å². The Hall–Kier alpha value is -1.62. The van der Waals surface area contributed by atoms with Gasteiger partial charge in [-0.3, -0.25) is 0 Å². The molecule has 0 aliphatic carbocycles. The van der Waals surface area contributed by atoms with Crippen LogP contribution in [0.5, 0.6) is 0 Å². The highest BCUT2D eigenvalue weighted by Gasteiger charge is 2.10. The number of anilines is 1. The summed E-state index contributed by atoms with van der Waals surface area (Å²) in [5.41, 5.74) is 1.15. The largest absolute Gasteiger partial charge is 0.465 e. The molecule has 1 aromatic rings. The lowest BCUT2D eigenvalue weighted by Gasteiger charge is -2.13. The molecule has 0 radical (unpaired) electrons. The van der Waals surface area contributed by atoms with Crippen molar-refractivity contribution >= 4 is 11.8 Å². The Kier molecular flexibility index (Phi) is 5.58. The lowest BCUT2D eigenvalue weighted by atomic mass is 10.2. The Morgan fingerprint density at radius 1 is 1.44 bits per heavy atom. The Morgan fingerprint density at radius 3 is 2.72 bits per heavy atom. The Bertz CT molecular complexity index is 407. The molecule has 0 aliphatic heterocycles. The Morgan fingerprint density at radius 2 is 2.17 bits per heavy atom. The fraction of sp³-hybridized carbons (Fsp3) is 0.538. The molecule has 0 amide bonds. The summed E-state index contributed by atoms with van der Waals surface area (Å²) in [5, 5.41) is 3.21. The van der Waals surface area contributed by atoms with Crippen LogP contribution in [0.3, 0.4) is 0 Å². The zero-order chi connectivity index (χ0) is 13.5. The van der Waals surface area contributed by atoms with E-state index in [4.69, 9.17) is 4.74 Å². The van der Waals surface area contributed by atoms with E-state index in [1.54, 1.807) is 26.2 Å². The highest BCUT2D eigenvalue weighted by atomic mass is 16.5.